The van der Waals surface area contributed by atoms with Gasteiger partial charge in [0.2, 0.25) is 0 Å². The molecule has 26 heavy (non-hydrogen) atoms. The van der Waals surface area contributed by atoms with Gasteiger partial charge < -0.3 is 15.0 Å². The molecule has 0 radical (unpaired) electrons. The molecule has 2 aromatic rings. The molecule has 2 aliphatic heterocycles. The smallest absolute Gasteiger partial charge is 0.0922 e. The van der Waals surface area contributed by atoms with Crippen LogP contribution in [0.2, 0.25) is 0 Å². The number of aliphatic hydroxyl groups excluding tert-OH is 1. The van der Waals surface area contributed by atoms with E-state index in [-0.39, 0.29) is 0 Å². The Morgan fingerprint density at radius 2 is 1.96 bits per heavy atom. The van der Waals surface area contributed by atoms with Crippen LogP contribution in [0.15, 0.2) is 42.9 Å². The van der Waals surface area contributed by atoms with Crippen LogP contribution in [0.1, 0.15) is 24.1 Å². The van der Waals surface area contributed by atoms with E-state index in [4.69, 9.17) is 0 Å². The van der Waals surface area contributed by atoms with Gasteiger partial charge in [-0.25, -0.2) is 4.98 Å². The number of hydrogen-bond donors (Lipinski definition) is 2. The topological polar surface area (TPSA) is 55.4 Å². The first-order valence-electron chi connectivity index (χ1n) is 9.84. The number of aliphatic hydroxyl groups is 1. The van der Waals surface area contributed by atoms with Crippen molar-refractivity contribution in [2.75, 3.05) is 39.3 Å². The van der Waals surface area contributed by atoms with Crippen LogP contribution in [-0.2, 0) is 13.0 Å². The zero-order valence-corrected chi connectivity index (χ0v) is 15.5. The highest BCUT2D eigenvalue weighted by atomic mass is 16.3. The van der Waals surface area contributed by atoms with E-state index in [0.29, 0.717) is 17.9 Å². The molecular formula is C21H30N4O. The van der Waals surface area contributed by atoms with E-state index < -0.39 is 0 Å². The molecule has 3 heterocycles. The van der Waals surface area contributed by atoms with Crippen LogP contribution in [0.3, 0.4) is 0 Å². The van der Waals surface area contributed by atoms with Gasteiger partial charge in [0.25, 0.3) is 0 Å². The molecule has 1 spiro atoms. The normalized spacial score (nSPS) is 23.7. The summed E-state index contributed by atoms with van der Waals surface area (Å²) in [6.07, 6.45) is 7.15. The molecular weight excluding hydrogens is 324 g/mol. The fourth-order valence-electron chi connectivity index (χ4n) is 4.83. The summed E-state index contributed by atoms with van der Waals surface area (Å²) in [5, 5.41) is 10.0. The monoisotopic (exact) mass is 354 g/mol. The Kier molecular flexibility index (Phi) is 5.38. The molecule has 2 fully saturated rings. The number of rotatable bonds is 6. The van der Waals surface area contributed by atoms with Crippen molar-refractivity contribution in [3.8, 4) is 0 Å². The Balaban J connectivity index is 1.32. The van der Waals surface area contributed by atoms with Crippen LogP contribution < -0.4 is 0 Å². The molecule has 1 aromatic heterocycles. The average Bonchev–Trinajstić information content (AvgIpc) is 3.31. The summed E-state index contributed by atoms with van der Waals surface area (Å²) in [5.41, 5.74) is 2.90. The SMILES string of the molecule is OCC1CN(CCc2ccccc2)CC12CCN(Cc1cnc[nH]1)CC2. The van der Waals surface area contributed by atoms with E-state index in [2.05, 4.69) is 50.1 Å². The van der Waals surface area contributed by atoms with Crippen molar-refractivity contribution in [1.29, 1.82) is 0 Å². The van der Waals surface area contributed by atoms with E-state index in [1.165, 1.54) is 24.1 Å². The molecule has 1 atom stereocenters. The third kappa shape index (κ3) is 3.85. The molecule has 2 saturated heterocycles. The lowest BCUT2D eigenvalue weighted by atomic mass is 9.71. The van der Waals surface area contributed by atoms with Crippen molar-refractivity contribution in [1.82, 2.24) is 19.8 Å². The number of nitrogens with zero attached hydrogens (tertiary/aromatic N) is 3. The van der Waals surface area contributed by atoms with E-state index in [1.54, 1.807) is 6.33 Å². The van der Waals surface area contributed by atoms with Crippen LogP contribution in [0.25, 0.3) is 0 Å². The van der Waals surface area contributed by atoms with Crippen molar-refractivity contribution < 1.29 is 5.11 Å². The molecule has 2 N–H and O–H groups in total. The highest BCUT2D eigenvalue weighted by molar-refractivity contribution is 5.15. The molecule has 0 bridgehead atoms. The zero-order chi connectivity index (χ0) is 17.8. The highest BCUT2D eigenvalue weighted by Crippen LogP contribution is 2.44. The van der Waals surface area contributed by atoms with Gasteiger partial charge in [0.15, 0.2) is 0 Å². The van der Waals surface area contributed by atoms with E-state index in [1.807, 2.05) is 6.20 Å². The Morgan fingerprint density at radius 1 is 1.15 bits per heavy atom. The van der Waals surface area contributed by atoms with Gasteiger partial charge in [-0.15, -0.1) is 0 Å². The summed E-state index contributed by atoms with van der Waals surface area (Å²) in [7, 11) is 0. The average molecular weight is 354 g/mol. The number of benzene rings is 1. The summed E-state index contributed by atoms with van der Waals surface area (Å²) in [5.74, 6) is 0.424. The first-order chi connectivity index (χ1) is 12.8. The molecule has 0 saturated carbocycles. The number of imidazole rings is 1. The Morgan fingerprint density at radius 3 is 2.65 bits per heavy atom. The fraction of sp³-hybridized carbons (Fsp3) is 0.571. The number of aromatic amines is 1. The Labute approximate surface area is 156 Å². The summed E-state index contributed by atoms with van der Waals surface area (Å²) in [4.78, 5) is 12.4. The molecule has 4 rings (SSSR count). The van der Waals surface area contributed by atoms with Gasteiger partial charge in [-0.1, -0.05) is 30.3 Å². The van der Waals surface area contributed by atoms with E-state index in [0.717, 1.165) is 45.7 Å². The lowest BCUT2D eigenvalue weighted by molar-refractivity contribution is 0.0479. The molecule has 0 amide bonds. The minimum atomic E-state index is 0.302. The lowest BCUT2D eigenvalue weighted by Crippen LogP contribution is -2.44. The zero-order valence-electron chi connectivity index (χ0n) is 15.5. The van der Waals surface area contributed by atoms with Crippen molar-refractivity contribution >= 4 is 0 Å². The second-order valence-corrected chi connectivity index (χ2v) is 8.07. The maximum absolute atomic E-state index is 10.0. The fourth-order valence-corrected chi connectivity index (χ4v) is 4.83. The maximum Gasteiger partial charge on any atom is 0.0922 e. The molecule has 1 aromatic carbocycles. The van der Waals surface area contributed by atoms with Gasteiger partial charge in [-0.2, -0.15) is 0 Å². The molecule has 5 heteroatoms. The predicted molar refractivity (Wildman–Crippen MR) is 103 cm³/mol. The van der Waals surface area contributed by atoms with Gasteiger partial charge in [-0.3, -0.25) is 4.90 Å². The third-order valence-electron chi connectivity index (χ3n) is 6.46. The van der Waals surface area contributed by atoms with Crippen LogP contribution >= 0.6 is 0 Å². The molecule has 5 nitrogen and oxygen atoms in total. The van der Waals surface area contributed by atoms with Crippen LogP contribution in [0.4, 0.5) is 0 Å². The minimum absolute atomic E-state index is 0.302. The van der Waals surface area contributed by atoms with E-state index in [9.17, 15) is 5.11 Å². The van der Waals surface area contributed by atoms with Crippen molar-refractivity contribution in [2.24, 2.45) is 11.3 Å². The van der Waals surface area contributed by atoms with Gasteiger partial charge in [-0.05, 0) is 43.3 Å². The maximum atomic E-state index is 10.0. The van der Waals surface area contributed by atoms with Gasteiger partial charge in [0.1, 0.15) is 0 Å². The van der Waals surface area contributed by atoms with Crippen LogP contribution in [-0.4, -0.2) is 64.2 Å². The van der Waals surface area contributed by atoms with Crippen LogP contribution in [0.5, 0.6) is 0 Å². The molecule has 1 unspecified atom stereocenters. The largest absolute Gasteiger partial charge is 0.396 e. The Bertz CT molecular complexity index is 665. The molecule has 140 valence electrons. The standard InChI is InChI=1S/C21H30N4O/c26-15-19-13-25(9-6-18-4-2-1-3-5-18)16-21(19)7-10-24(11-8-21)14-20-12-22-17-23-20/h1-5,12,17,19,26H,6-11,13-16H2,(H,22,23). The summed E-state index contributed by atoms with van der Waals surface area (Å²) in [6, 6.07) is 10.7. The minimum Gasteiger partial charge on any atom is -0.396 e. The van der Waals surface area contributed by atoms with Crippen molar-refractivity contribution in [2.45, 2.75) is 25.8 Å². The number of piperidine rings is 1. The van der Waals surface area contributed by atoms with Crippen molar-refractivity contribution in [3.05, 3.63) is 54.1 Å². The van der Waals surface area contributed by atoms with Gasteiger partial charge in [0, 0.05) is 50.6 Å². The van der Waals surface area contributed by atoms with Gasteiger partial charge in [0.05, 0.1) is 6.33 Å². The Hall–Kier alpha value is -1.69. The third-order valence-corrected chi connectivity index (χ3v) is 6.46. The summed E-state index contributed by atoms with van der Waals surface area (Å²) < 4.78 is 0. The lowest BCUT2D eigenvalue weighted by Gasteiger charge is -2.42. The number of H-pyrrole nitrogens is 1. The summed E-state index contributed by atoms with van der Waals surface area (Å²) in [6.45, 7) is 6.79. The number of likely N-dealkylation sites (tertiary alicyclic amines) is 2. The number of nitrogens with one attached hydrogen (secondary N) is 1. The summed E-state index contributed by atoms with van der Waals surface area (Å²) >= 11 is 0. The molecule has 0 aliphatic carbocycles. The number of aromatic nitrogens is 2. The second-order valence-electron chi connectivity index (χ2n) is 8.07. The highest BCUT2D eigenvalue weighted by Gasteiger charge is 2.47. The number of hydrogen-bond acceptors (Lipinski definition) is 4. The quantitative estimate of drug-likeness (QED) is 0.835. The second kappa shape index (κ2) is 7.91. The van der Waals surface area contributed by atoms with Gasteiger partial charge >= 0.3 is 0 Å². The van der Waals surface area contributed by atoms with E-state index >= 15 is 0 Å². The predicted octanol–water partition coefficient (Wildman–Crippen LogP) is 2.16. The van der Waals surface area contributed by atoms with Crippen molar-refractivity contribution in [3.63, 3.8) is 0 Å². The molecule has 2 aliphatic rings. The first kappa shape index (κ1) is 17.7. The first-order valence-corrected chi connectivity index (χ1v) is 9.84. The van der Waals surface area contributed by atoms with Crippen LogP contribution in [0, 0.1) is 11.3 Å².